The summed E-state index contributed by atoms with van der Waals surface area (Å²) in [5.74, 6) is 0. The van der Waals surface area contributed by atoms with Gasteiger partial charge in [0.05, 0.1) is 16.8 Å². The Labute approximate surface area is 176 Å². The molecule has 0 aromatic heterocycles. The van der Waals surface area contributed by atoms with Crippen LogP contribution in [0.1, 0.15) is 15.3 Å². The second kappa shape index (κ2) is 8.12. The molecule has 4 nitrogen and oxygen atoms in total. The van der Waals surface area contributed by atoms with Gasteiger partial charge in [-0.3, -0.25) is 4.55 Å². The number of fused-ring (bicyclic) bond motifs is 2. The number of benzene rings is 2. The summed E-state index contributed by atoms with van der Waals surface area (Å²) in [4.78, 5) is 4.38. The van der Waals surface area contributed by atoms with Crippen LogP contribution in [0.5, 0.6) is 0 Å². The summed E-state index contributed by atoms with van der Waals surface area (Å²) in [6.07, 6.45) is 1.75. The van der Waals surface area contributed by atoms with Crippen LogP contribution < -0.4 is 34.5 Å². The maximum Gasteiger partial charge on any atom is 1.00 e. The van der Waals surface area contributed by atoms with Gasteiger partial charge in [0.25, 0.3) is 10.1 Å². The van der Waals surface area contributed by atoms with Crippen LogP contribution in [0.15, 0.2) is 81.1 Å². The monoisotopic (exact) mass is 383 g/mol. The zero-order valence-corrected chi connectivity index (χ0v) is 17.9. The molecule has 0 amide bonds. The van der Waals surface area contributed by atoms with E-state index in [0.29, 0.717) is 5.57 Å². The number of hydrogen-bond donors (Lipinski definition) is 1. The molecule has 2 aromatic rings. The van der Waals surface area contributed by atoms with Crippen LogP contribution in [0, 0.1) is 0 Å². The minimum absolute atomic E-state index is 0. The first-order valence-corrected chi connectivity index (χ1v) is 9.67. The van der Waals surface area contributed by atoms with E-state index >= 15 is 0 Å². The van der Waals surface area contributed by atoms with Gasteiger partial charge in [-0.2, -0.15) is 8.42 Å². The van der Waals surface area contributed by atoms with Gasteiger partial charge >= 0.3 is 29.6 Å². The van der Waals surface area contributed by atoms with E-state index in [1.807, 2.05) is 43.3 Å². The molecule has 0 radical (unpaired) electrons. The van der Waals surface area contributed by atoms with Gasteiger partial charge in [-0.05, 0) is 49.8 Å². The van der Waals surface area contributed by atoms with Crippen molar-refractivity contribution in [2.45, 2.75) is 23.6 Å². The van der Waals surface area contributed by atoms with E-state index in [1.54, 1.807) is 24.8 Å². The molecule has 0 saturated carbocycles. The predicted molar refractivity (Wildman–Crippen MR) is 99.3 cm³/mol. The van der Waals surface area contributed by atoms with Crippen LogP contribution in [0.25, 0.3) is 0 Å². The van der Waals surface area contributed by atoms with Crippen molar-refractivity contribution in [3.8, 4) is 0 Å². The van der Waals surface area contributed by atoms with Crippen molar-refractivity contribution in [1.82, 2.24) is 0 Å². The molecular formula is C18H18NNaO3S2. The molecule has 1 N–H and O–H groups in total. The zero-order valence-electron chi connectivity index (χ0n) is 15.3. The number of rotatable bonds is 3. The first-order valence-electron chi connectivity index (χ1n) is 7.35. The van der Waals surface area contributed by atoms with Crippen LogP contribution in [-0.4, -0.2) is 13.0 Å². The van der Waals surface area contributed by atoms with E-state index in [4.69, 9.17) is 4.55 Å². The van der Waals surface area contributed by atoms with Crippen LogP contribution in [-0.2, 0) is 10.1 Å². The maximum atomic E-state index is 11.0. The molecule has 1 aliphatic rings. The van der Waals surface area contributed by atoms with Gasteiger partial charge in [0.2, 0.25) is 0 Å². The molecule has 0 fully saturated rings. The van der Waals surface area contributed by atoms with Crippen molar-refractivity contribution in [2.75, 3.05) is 4.90 Å². The Kier molecular flexibility index (Phi) is 6.59. The molecule has 0 atom stereocenters. The molecule has 1 heterocycles. The summed E-state index contributed by atoms with van der Waals surface area (Å²) in [7, 11) is -4.15. The molecule has 3 rings (SSSR count). The fraction of sp³-hybridized carbons (Fsp3) is 0.111. The SMILES string of the molecule is CC(=CS(=O)(=O)O)C=C(C)N1c2ccccc2Sc2ccccc21.[H-].[Na+]. The van der Waals surface area contributed by atoms with Crippen LogP contribution in [0.3, 0.4) is 0 Å². The van der Waals surface area contributed by atoms with Crippen molar-refractivity contribution < 1.29 is 44.0 Å². The summed E-state index contributed by atoms with van der Waals surface area (Å²) in [5, 5.41) is 0.854. The second-order valence-corrected chi connectivity index (χ2v) is 7.88. The largest absolute Gasteiger partial charge is 1.00 e. The number of allylic oxidation sites excluding steroid dienone is 3. The number of nitrogens with zero attached hydrogens (tertiary/aromatic N) is 1. The van der Waals surface area contributed by atoms with E-state index in [2.05, 4.69) is 17.0 Å². The molecule has 0 bridgehead atoms. The molecule has 0 saturated heterocycles. The fourth-order valence-electron chi connectivity index (χ4n) is 2.75. The Morgan fingerprint density at radius 2 is 1.52 bits per heavy atom. The number of anilines is 2. The Hall–Kier alpha value is -1.02. The zero-order chi connectivity index (χ0) is 17.3. The van der Waals surface area contributed by atoms with Crippen molar-refractivity contribution in [3.05, 3.63) is 71.3 Å². The molecule has 0 aliphatic carbocycles. The number of para-hydroxylation sites is 2. The van der Waals surface area contributed by atoms with Gasteiger partial charge in [0.15, 0.2) is 0 Å². The Balaban J connectivity index is 0.00000169. The first-order chi connectivity index (χ1) is 11.3. The summed E-state index contributed by atoms with van der Waals surface area (Å²) >= 11 is 1.71. The van der Waals surface area contributed by atoms with E-state index in [-0.39, 0.29) is 31.0 Å². The van der Waals surface area contributed by atoms with Crippen molar-refractivity contribution in [1.29, 1.82) is 0 Å². The molecule has 0 spiro atoms. The van der Waals surface area contributed by atoms with E-state index in [9.17, 15) is 8.42 Å². The first kappa shape index (κ1) is 20.3. The smallest absolute Gasteiger partial charge is 1.00 e. The minimum atomic E-state index is -4.15. The second-order valence-electron chi connectivity index (χ2n) is 5.54. The molecule has 25 heavy (non-hydrogen) atoms. The van der Waals surface area contributed by atoms with Gasteiger partial charge in [-0.1, -0.05) is 36.0 Å². The summed E-state index contributed by atoms with van der Waals surface area (Å²) in [5.41, 5.74) is 3.43. The summed E-state index contributed by atoms with van der Waals surface area (Å²) in [6.45, 7) is 3.57. The third-order valence-corrected chi connectivity index (χ3v) is 5.36. The minimum Gasteiger partial charge on any atom is -1.00 e. The summed E-state index contributed by atoms with van der Waals surface area (Å²) < 4.78 is 31.0. The molecule has 7 heteroatoms. The Morgan fingerprint density at radius 1 is 1.04 bits per heavy atom. The van der Waals surface area contributed by atoms with Crippen LogP contribution >= 0.6 is 11.8 Å². The molecular weight excluding hydrogens is 365 g/mol. The van der Waals surface area contributed by atoms with Gasteiger partial charge in [-0.15, -0.1) is 0 Å². The predicted octanol–water partition coefficient (Wildman–Crippen LogP) is 2.10. The molecule has 2 aromatic carbocycles. The Bertz CT molecular complexity index is 913. The van der Waals surface area contributed by atoms with Crippen molar-refractivity contribution in [3.63, 3.8) is 0 Å². The molecule has 0 unspecified atom stereocenters. The molecule has 1 aliphatic heterocycles. The quantitative estimate of drug-likeness (QED) is 0.500. The topological polar surface area (TPSA) is 57.6 Å². The standard InChI is InChI=1S/C18H17NO3S2.Na.H/c1-13(12-24(20,21)22)11-14(2)19-15-7-3-5-9-17(15)23-18-10-6-4-8-16(18)19;;/h3-12H,1-2H3,(H,20,21,22);;/q;+1;-1. The van der Waals surface area contributed by atoms with Crippen molar-refractivity contribution in [2.24, 2.45) is 0 Å². The average molecular weight is 383 g/mol. The third kappa shape index (κ3) is 4.78. The average Bonchev–Trinajstić information content (AvgIpc) is 2.50. The van der Waals surface area contributed by atoms with E-state index < -0.39 is 10.1 Å². The molecule has 126 valence electrons. The van der Waals surface area contributed by atoms with Gasteiger partial charge in [-0.25, -0.2) is 0 Å². The third-order valence-electron chi connectivity index (χ3n) is 3.56. The van der Waals surface area contributed by atoms with E-state index in [0.717, 1.165) is 32.3 Å². The van der Waals surface area contributed by atoms with Gasteiger partial charge in [0, 0.05) is 15.5 Å². The summed E-state index contributed by atoms with van der Waals surface area (Å²) in [6, 6.07) is 16.2. The van der Waals surface area contributed by atoms with Gasteiger partial charge < -0.3 is 6.33 Å². The maximum absolute atomic E-state index is 11.0. The van der Waals surface area contributed by atoms with Crippen LogP contribution in [0.4, 0.5) is 11.4 Å². The normalized spacial score (nSPS) is 14.4. The van der Waals surface area contributed by atoms with Crippen LogP contribution in [0.2, 0.25) is 0 Å². The Morgan fingerprint density at radius 3 is 2.00 bits per heavy atom. The van der Waals surface area contributed by atoms with Crippen molar-refractivity contribution >= 4 is 33.3 Å². The van der Waals surface area contributed by atoms with E-state index in [1.165, 1.54) is 0 Å². The number of hydrogen-bond acceptors (Lipinski definition) is 4. The fourth-order valence-corrected chi connectivity index (χ4v) is 4.34. The van der Waals surface area contributed by atoms with Gasteiger partial charge in [0.1, 0.15) is 0 Å².